The Hall–Kier alpha value is -2.28. The van der Waals surface area contributed by atoms with Gasteiger partial charge < -0.3 is 21.7 Å². The summed E-state index contributed by atoms with van der Waals surface area (Å²) < 4.78 is 0. The average Bonchev–Trinajstić information content (AvgIpc) is 2.21. The summed E-state index contributed by atoms with van der Waals surface area (Å²) in [6.07, 6.45) is 0. The van der Waals surface area contributed by atoms with Crippen molar-refractivity contribution in [2.24, 2.45) is 16.5 Å². The number of guanidine groups is 1. The van der Waals surface area contributed by atoms with E-state index in [1.165, 1.54) is 0 Å². The van der Waals surface area contributed by atoms with Crippen LogP contribution in [0.5, 0.6) is 0 Å². The van der Waals surface area contributed by atoms with Gasteiger partial charge in [-0.1, -0.05) is 11.6 Å². The van der Waals surface area contributed by atoms with Crippen LogP contribution in [-0.2, 0) is 9.59 Å². The van der Waals surface area contributed by atoms with Crippen molar-refractivity contribution in [2.45, 2.75) is 0 Å². The molecule has 0 heterocycles. The molecule has 0 saturated heterocycles. The Balaban J connectivity index is 0.000000366. The van der Waals surface area contributed by atoms with Gasteiger partial charge in [-0.25, -0.2) is 14.6 Å². The summed E-state index contributed by atoms with van der Waals surface area (Å²) >= 11 is 5.64. The fraction of sp³-hybridized carbons (Fsp3) is 0. The third-order valence-corrected chi connectivity index (χ3v) is 1.52. The largest absolute Gasteiger partial charge is 0.473 e. The van der Waals surface area contributed by atoms with Crippen molar-refractivity contribution in [2.75, 3.05) is 0 Å². The van der Waals surface area contributed by atoms with Crippen molar-refractivity contribution in [3.63, 3.8) is 0 Å². The Morgan fingerprint density at radius 3 is 1.76 bits per heavy atom. The normalized spacial score (nSPS) is 8.53. The number of hydrogen-bond acceptors (Lipinski definition) is 3. The summed E-state index contributed by atoms with van der Waals surface area (Å²) in [5.41, 5.74) is 11.0. The van der Waals surface area contributed by atoms with E-state index in [4.69, 9.17) is 42.9 Å². The van der Waals surface area contributed by atoms with Crippen LogP contribution in [0.25, 0.3) is 0 Å². The maximum atomic E-state index is 9.10. The van der Waals surface area contributed by atoms with E-state index in [1.807, 2.05) is 0 Å². The molecule has 7 nitrogen and oxygen atoms in total. The molecule has 1 aromatic carbocycles. The number of rotatable bonds is 1. The maximum absolute atomic E-state index is 9.10. The van der Waals surface area contributed by atoms with Crippen LogP contribution in [-0.4, -0.2) is 28.1 Å². The van der Waals surface area contributed by atoms with Crippen molar-refractivity contribution in [1.82, 2.24) is 0 Å². The molecule has 0 aliphatic heterocycles. The molecule has 0 bridgehead atoms. The maximum Gasteiger partial charge on any atom is 0.414 e. The highest BCUT2D eigenvalue weighted by molar-refractivity contribution is 6.30. The first-order valence-corrected chi connectivity index (χ1v) is 4.52. The molecule has 0 aliphatic carbocycles. The van der Waals surface area contributed by atoms with E-state index in [2.05, 4.69) is 4.99 Å². The van der Waals surface area contributed by atoms with Gasteiger partial charge in [-0.15, -0.1) is 0 Å². The summed E-state index contributed by atoms with van der Waals surface area (Å²) in [4.78, 5) is 22.0. The van der Waals surface area contributed by atoms with Gasteiger partial charge in [-0.3, -0.25) is 0 Å². The number of carboxylic acid groups (broad SMARTS) is 2. The van der Waals surface area contributed by atoms with Crippen LogP contribution < -0.4 is 11.5 Å². The van der Waals surface area contributed by atoms with Crippen molar-refractivity contribution in [3.05, 3.63) is 29.3 Å². The second-order valence-electron chi connectivity index (χ2n) is 2.62. The van der Waals surface area contributed by atoms with Gasteiger partial charge in [0.25, 0.3) is 0 Å². The number of aliphatic carboxylic acids is 2. The molecule has 0 spiro atoms. The zero-order chi connectivity index (χ0) is 13.4. The smallest absolute Gasteiger partial charge is 0.414 e. The van der Waals surface area contributed by atoms with Crippen LogP contribution in [0.3, 0.4) is 0 Å². The van der Waals surface area contributed by atoms with Crippen LogP contribution in [0.2, 0.25) is 5.02 Å². The number of aliphatic imine (C=N–C) groups is 1. The fourth-order valence-electron chi connectivity index (χ4n) is 0.665. The number of benzene rings is 1. The number of hydrogen-bond donors (Lipinski definition) is 4. The molecule has 0 unspecified atom stereocenters. The highest BCUT2D eigenvalue weighted by Crippen LogP contribution is 2.15. The second kappa shape index (κ2) is 7.07. The van der Waals surface area contributed by atoms with E-state index in [0.717, 1.165) is 0 Å². The molecule has 0 atom stereocenters. The lowest BCUT2D eigenvalue weighted by Crippen LogP contribution is -2.21. The summed E-state index contributed by atoms with van der Waals surface area (Å²) in [6, 6.07) is 6.93. The van der Waals surface area contributed by atoms with Crippen LogP contribution in [0.1, 0.15) is 0 Å². The van der Waals surface area contributed by atoms with Gasteiger partial charge in [0.15, 0.2) is 5.96 Å². The summed E-state index contributed by atoms with van der Waals surface area (Å²) in [6.45, 7) is 0. The molecule has 1 aromatic rings. The van der Waals surface area contributed by atoms with Gasteiger partial charge in [-0.2, -0.15) is 0 Å². The average molecular weight is 260 g/mol. The molecule has 0 amide bonds. The van der Waals surface area contributed by atoms with Crippen molar-refractivity contribution >= 4 is 35.2 Å². The van der Waals surface area contributed by atoms with Crippen molar-refractivity contribution < 1.29 is 19.8 Å². The molecule has 6 N–H and O–H groups in total. The Bertz CT molecular complexity index is 414. The standard InChI is InChI=1S/C7H8ClN3.C2H2O4/c8-5-1-3-6(4-2-5)11-7(9)10;3-1(4)2(5)6/h1-4H,(H4,9,10,11);(H,3,4)(H,5,6). The lowest BCUT2D eigenvalue weighted by atomic mass is 10.3. The van der Waals surface area contributed by atoms with E-state index in [0.29, 0.717) is 10.7 Å². The van der Waals surface area contributed by atoms with E-state index in [9.17, 15) is 0 Å². The second-order valence-corrected chi connectivity index (χ2v) is 3.06. The summed E-state index contributed by atoms with van der Waals surface area (Å²) in [7, 11) is 0. The zero-order valence-electron chi connectivity index (χ0n) is 8.50. The van der Waals surface area contributed by atoms with E-state index < -0.39 is 11.9 Å². The van der Waals surface area contributed by atoms with Gasteiger partial charge in [-0.05, 0) is 24.3 Å². The first kappa shape index (κ1) is 14.7. The third-order valence-electron chi connectivity index (χ3n) is 1.27. The van der Waals surface area contributed by atoms with Crippen LogP contribution in [0.15, 0.2) is 29.3 Å². The topological polar surface area (TPSA) is 139 Å². The SMILES string of the molecule is NC(N)=Nc1ccc(Cl)cc1.O=C(O)C(=O)O. The molecule has 0 aromatic heterocycles. The molecule has 92 valence electrons. The fourth-order valence-corrected chi connectivity index (χ4v) is 0.791. The van der Waals surface area contributed by atoms with Crippen LogP contribution in [0.4, 0.5) is 5.69 Å². The Labute approximate surface area is 101 Å². The lowest BCUT2D eigenvalue weighted by molar-refractivity contribution is -0.159. The van der Waals surface area contributed by atoms with Gasteiger partial charge in [0.2, 0.25) is 0 Å². The number of nitrogens with zero attached hydrogens (tertiary/aromatic N) is 1. The number of carboxylic acids is 2. The van der Waals surface area contributed by atoms with Gasteiger partial charge in [0.05, 0.1) is 5.69 Å². The lowest BCUT2D eigenvalue weighted by Gasteiger charge is -1.93. The van der Waals surface area contributed by atoms with Crippen LogP contribution in [0, 0.1) is 0 Å². The number of halogens is 1. The number of nitrogens with two attached hydrogens (primary N) is 2. The highest BCUT2D eigenvalue weighted by Gasteiger charge is 2.04. The number of carbonyl (C=O) groups is 2. The minimum atomic E-state index is -1.82. The predicted molar refractivity (Wildman–Crippen MR) is 62.2 cm³/mol. The minimum Gasteiger partial charge on any atom is -0.473 e. The van der Waals surface area contributed by atoms with Gasteiger partial charge in [0.1, 0.15) is 0 Å². The molecular formula is C9H10ClN3O4. The molecule has 1 rings (SSSR count). The molecule has 0 fully saturated rings. The van der Waals surface area contributed by atoms with Crippen LogP contribution >= 0.6 is 11.6 Å². The minimum absolute atomic E-state index is 0.0484. The Morgan fingerprint density at radius 1 is 1.06 bits per heavy atom. The molecular weight excluding hydrogens is 250 g/mol. The molecule has 0 saturated carbocycles. The monoisotopic (exact) mass is 259 g/mol. The predicted octanol–water partition coefficient (Wildman–Crippen LogP) is 0.400. The molecule has 0 aliphatic rings. The zero-order valence-corrected chi connectivity index (χ0v) is 9.26. The van der Waals surface area contributed by atoms with E-state index in [1.54, 1.807) is 24.3 Å². The summed E-state index contributed by atoms with van der Waals surface area (Å²) in [5, 5.41) is 15.4. The van der Waals surface area contributed by atoms with Gasteiger partial charge >= 0.3 is 11.9 Å². The first-order valence-electron chi connectivity index (χ1n) is 4.14. The Morgan fingerprint density at radius 2 is 1.47 bits per heavy atom. The quantitative estimate of drug-likeness (QED) is 0.327. The van der Waals surface area contributed by atoms with Gasteiger partial charge in [0, 0.05) is 5.02 Å². The Kier molecular flexibility index (Phi) is 6.12. The van der Waals surface area contributed by atoms with E-state index >= 15 is 0 Å². The van der Waals surface area contributed by atoms with E-state index in [-0.39, 0.29) is 5.96 Å². The molecule has 17 heavy (non-hydrogen) atoms. The van der Waals surface area contributed by atoms with Crippen molar-refractivity contribution in [3.8, 4) is 0 Å². The third kappa shape index (κ3) is 7.63. The first-order chi connectivity index (χ1) is 7.82. The van der Waals surface area contributed by atoms with Crippen molar-refractivity contribution in [1.29, 1.82) is 0 Å². The molecule has 8 heteroatoms. The highest BCUT2D eigenvalue weighted by atomic mass is 35.5. The molecule has 0 radical (unpaired) electrons. The summed E-state index contributed by atoms with van der Waals surface area (Å²) in [5.74, 6) is -3.60.